The highest BCUT2D eigenvalue weighted by Crippen LogP contribution is 2.47. The van der Waals surface area contributed by atoms with E-state index in [1.54, 1.807) is 6.92 Å². The van der Waals surface area contributed by atoms with Gasteiger partial charge in [-0.1, -0.05) is 6.42 Å². The van der Waals surface area contributed by atoms with Crippen LogP contribution in [0.15, 0.2) is 0 Å². The van der Waals surface area contributed by atoms with Crippen LogP contribution in [0.3, 0.4) is 0 Å². The Kier molecular flexibility index (Phi) is 5.01. The number of ether oxygens (including phenoxy) is 1. The number of fused-ring (bicyclic) bond motifs is 2. The molecule has 0 heterocycles. The van der Waals surface area contributed by atoms with Crippen molar-refractivity contribution in [2.75, 3.05) is 19.7 Å². The second kappa shape index (κ2) is 6.53. The molecular weight excluding hydrogens is 230 g/mol. The number of esters is 1. The van der Waals surface area contributed by atoms with Gasteiger partial charge in [-0.15, -0.1) is 0 Å². The topological polar surface area (TPSA) is 58.6 Å². The van der Waals surface area contributed by atoms with Crippen molar-refractivity contribution >= 4 is 5.97 Å². The van der Waals surface area contributed by atoms with Gasteiger partial charge < -0.3 is 15.2 Å². The van der Waals surface area contributed by atoms with Crippen molar-refractivity contribution in [2.45, 2.75) is 45.1 Å². The Morgan fingerprint density at radius 3 is 2.89 bits per heavy atom. The number of carbonyl (C=O) groups is 1. The molecule has 0 aromatic heterocycles. The van der Waals surface area contributed by atoms with Gasteiger partial charge in [-0.05, 0) is 50.5 Å². The molecule has 4 atom stereocenters. The van der Waals surface area contributed by atoms with E-state index in [1.165, 1.54) is 25.7 Å². The summed E-state index contributed by atoms with van der Waals surface area (Å²) in [5.41, 5.74) is 0. The van der Waals surface area contributed by atoms with E-state index in [-0.39, 0.29) is 12.4 Å². The number of hydrogen-bond acceptors (Lipinski definition) is 4. The molecule has 2 rings (SSSR count). The van der Waals surface area contributed by atoms with E-state index in [0.29, 0.717) is 13.2 Å². The van der Waals surface area contributed by atoms with Crippen LogP contribution in [0.5, 0.6) is 0 Å². The molecule has 104 valence electrons. The number of aliphatic hydroxyl groups is 1. The number of rotatable bonds is 7. The van der Waals surface area contributed by atoms with Crippen molar-refractivity contribution in [3.05, 3.63) is 0 Å². The summed E-state index contributed by atoms with van der Waals surface area (Å²) >= 11 is 0. The molecule has 4 unspecified atom stereocenters. The van der Waals surface area contributed by atoms with E-state index in [1.807, 2.05) is 0 Å². The Hall–Kier alpha value is -0.610. The molecule has 4 heteroatoms. The fourth-order valence-electron chi connectivity index (χ4n) is 3.55. The van der Waals surface area contributed by atoms with Crippen LogP contribution in [0.1, 0.15) is 39.0 Å². The summed E-state index contributed by atoms with van der Waals surface area (Å²) in [5.74, 6) is 2.35. The van der Waals surface area contributed by atoms with Crippen LogP contribution >= 0.6 is 0 Å². The molecule has 2 bridgehead atoms. The minimum Gasteiger partial charge on any atom is -0.466 e. The maximum Gasteiger partial charge on any atom is 0.308 e. The van der Waals surface area contributed by atoms with Crippen LogP contribution in [0.4, 0.5) is 0 Å². The zero-order valence-corrected chi connectivity index (χ0v) is 11.2. The molecule has 0 radical (unpaired) electrons. The molecule has 0 aliphatic heterocycles. The average molecular weight is 255 g/mol. The van der Waals surface area contributed by atoms with Gasteiger partial charge in [-0.25, -0.2) is 0 Å². The summed E-state index contributed by atoms with van der Waals surface area (Å²) in [6, 6.07) is 0. The Morgan fingerprint density at radius 2 is 2.28 bits per heavy atom. The molecule has 2 N–H and O–H groups in total. The van der Waals surface area contributed by atoms with Gasteiger partial charge in [-0.2, -0.15) is 0 Å². The van der Waals surface area contributed by atoms with Gasteiger partial charge in [0.1, 0.15) is 0 Å². The van der Waals surface area contributed by atoms with Crippen molar-refractivity contribution < 1.29 is 14.6 Å². The fraction of sp³-hybridized carbons (Fsp3) is 0.929. The smallest absolute Gasteiger partial charge is 0.308 e. The summed E-state index contributed by atoms with van der Waals surface area (Å²) < 4.78 is 4.81. The molecular formula is C14H25NO3. The normalized spacial score (nSPS) is 31.6. The van der Waals surface area contributed by atoms with Gasteiger partial charge in [0.2, 0.25) is 0 Å². The van der Waals surface area contributed by atoms with Gasteiger partial charge in [0, 0.05) is 6.54 Å². The first kappa shape index (κ1) is 13.8. The van der Waals surface area contributed by atoms with Crippen LogP contribution in [0.2, 0.25) is 0 Å². The lowest BCUT2D eigenvalue weighted by Gasteiger charge is -2.22. The molecule has 0 spiro atoms. The molecule has 0 amide bonds. The molecule has 2 aliphatic rings. The van der Waals surface area contributed by atoms with E-state index in [9.17, 15) is 9.90 Å². The number of hydrogen-bond donors (Lipinski definition) is 2. The second-order valence-electron chi connectivity index (χ2n) is 5.76. The molecule has 0 saturated heterocycles. The summed E-state index contributed by atoms with van der Waals surface area (Å²) in [4.78, 5) is 11.2. The third-order valence-corrected chi connectivity index (χ3v) is 4.38. The summed E-state index contributed by atoms with van der Waals surface area (Å²) in [6.45, 7) is 3.63. The predicted molar refractivity (Wildman–Crippen MR) is 69.1 cm³/mol. The highest BCUT2D eigenvalue weighted by atomic mass is 16.5. The fourth-order valence-corrected chi connectivity index (χ4v) is 3.55. The van der Waals surface area contributed by atoms with Crippen LogP contribution in [-0.2, 0) is 9.53 Å². The minimum atomic E-state index is -0.623. The quantitative estimate of drug-likeness (QED) is 0.674. The highest BCUT2D eigenvalue weighted by molar-refractivity contribution is 5.69. The first-order valence-electron chi connectivity index (χ1n) is 7.23. The predicted octanol–water partition coefficient (Wildman–Crippen LogP) is 1.33. The molecule has 18 heavy (non-hydrogen) atoms. The van der Waals surface area contributed by atoms with E-state index >= 15 is 0 Å². The lowest BCUT2D eigenvalue weighted by molar-refractivity contribution is -0.145. The maximum atomic E-state index is 11.2. The van der Waals surface area contributed by atoms with Crippen molar-refractivity contribution in [3.8, 4) is 0 Å². The van der Waals surface area contributed by atoms with E-state index in [4.69, 9.17) is 4.74 Å². The highest BCUT2D eigenvalue weighted by Gasteiger charge is 2.38. The molecule has 2 fully saturated rings. The van der Waals surface area contributed by atoms with Gasteiger partial charge in [0.25, 0.3) is 0 Å². The van der Waals surface area contributed by atoms with Crippen LogP contribution in [0.25, 0.3) is 0 Å². The number of nitrogens with one attached hydrogen (secondary N) is 1. The molecule has 2 aliphatic carbocycles. The Bertz CT molecular complexity index is 282. The van der Waals surface area contributed by atoms with Crippen molar-refractivity contribution in [3.63, 3.8) is 0 Å². The second-order valence-corrected chi connectivity index (χ2v) is 5.76. The largest absolute Gasteiger partial charge is 0.466 e. The van der Waals surface area contributed by atoms with Crippen molar-refractivity contribution in [1.29, 1.82) is 0 Å². The lowest BCUT2D eigenvalue weighted by Crippen LogP contribution is -2.34. The van der Waals surface area contributed by atoms with E-state index in [2.05, 4.69) is 5.32 Å². The summed E-state index contributed by atoms with van der Waals surface area (Å²) in [7, 11) is 0. The summed E-state index contributed by atoms with van der Waals surface area (Å²) in [5, 5.41) is 13.0. The molecule has 0 aromatic rings. The van der Waals surface area contributed by atoms with Gasteiger partial charge in [0.05, 0.1) is 19.1 Å². The number of carbonyl (C=O) groups excluding carboxylic acids is 1. The Morgan fingerprint density at radius 1 is 1.44 bits per heavy atom. The van der Waals surface area contributed by atoms with Gasteiger partial charge in [-0.3, -0.25) is 4.79 Å². The average Bonchev–Trinajstić information content (AvgIpc) is 2.91. The van der Waals surface area contributed by atoms with Crippen LogP contribution in [0, 0.1) is 17.8 Å². The van der Waals surface area contributed by atoms with E-state index in [0.717, 1.165) is 24.3 Å². The standard InChI is InChI=1S/C14H25NO3/c1-2-18-14(17)7-13(16)9-15-8-12-6-10-3-4-11(12)5-10/h10-13,15-16H,2-9H2,1H3. The third-order valence-electron chi connectivity index (χ3n) is 4.38. The van der Waals surface area contributed by atoms with Crippen LogP contribution < -0.4 is 5.32 Å². The van der Waals surface area contributed by atoms with Crippen molar-refractivity contribution in [1.82, 2.24) is 5.32 Å². The summed E-state index contributed by atoms with van der Waals surface area (Å²) in [6.07, 6.45) is 5.05. The third kappa shape index (κ3) is 3.69. The van der Waals surface area contributed by atoms with Crippen molar-refractivity contribution in [2.24, 2.45) is 17.8 Å². The monoisotopic (exact) mass is 255 g/mol. The SMILES string of the molecule is CCOC(=O)CC(O)CNCC1CC2CCC1C2. The number of aliphatic hydroxyl groups excluding tert-OH is 1. The molecule has 4 nitrogen and oxygen atoms in total. The zero-order chi connectivity index (χ0) is 13.0. The van der Waals surface area contributed by atoms with E-state index < -0.39 is 6.10 Å². The minimum absolute atomic E-state index is 0.0948. The van der Waals surface area contributed by atoms with Gasteiger partial charge in [0.15, 0.2) is 0 Å². The van der Waals surface area contributed by atoms with Crippen LogP contribution in [-0.4, -0.2) is 36.9 Å². The Labute approximate surface area is 109 Å². The molecule has 2 saturated carbocycles. The maximum absolute atomic E-state index is 11.2. The Balaban J connectivity index is 1.56. The van der Waals surface area contributed by atoms with Gasteiger partial charge >= 0.3 is 5.97 Å². The first-order valence-corrected chi connectivity index (χ1v) is 7.23. The lowest BCUT2D eigenvalue weighted by atomic mass is 9.89. The zero-order valence-electron chi connectivity index (χ0n) is 11.2. The first-order chi connectivity index (χ1) is 8.69. The molecule has 0 aromatic carbocycles.